The van der Waals surface area contributed by atoms with Crippen molar-refractivity contribution in [3.8, 4) is 0 Å². The van der Waals surface area contributed by atoms with E-state index in [1.165, 1.54) is 35.6 Å². The second kappa shape index (κ2) is 8.48. The molecule has 1 aliphatic carbocycles. The monoisotopic (exact) mass is 386 g/mol. The second-order valence-corrected chi connectivity index (χ2v) is 7.42. The van der Waals surface area contributed by atoms with Crippen LogP contribution in [0.15, 0.2) is 36.4 Å². The Bertz CT molecular complexity index is 900. The highest BCUT2D eigenvalue weighted by Gasteiger charge is 2.23. The molecule has 0 aromatic heterocycles. The van der Waals surface area contributed by atoms with Crippen LogP contribution in [-0.4, -0.2) is 16.9 Å². The van der Waals surface area contributed by atoms with Gasteiger partial charge in [-0.2, -0.15) is 4.39 Å². The van der Waals surface area contributed by atoms with Crippen LogP contribution in [0.3, 0.4) is 0 Å². The van der Waals surface area contributed by atoms with Crippen LogP contribution in [0.5, 0.6) is 0 Å². The Morgan fingerprint density at radius 1 is 1.14 bits per heavy atom. The van der Waals surface area contributed by atoms with E-state index in [2.05, 4.69) is 30.4 Å². The summed E-state index contributed by atoms with van der Waals surface area (Å²) >= 11 is 0. The van der Waals surface area contributed by atoms with Crippen LogP contribution in [0, 0.1) is 15.9 Å². The SMILES string of the molecule is C[C@H]([NH2+][C@@H](C)c1ccc2c(c1)CCCC2)C(=O)Nc1ccc(F)c([N+](=O)[O-])c1. The molecule has 0 saturated carbocycles. The van der Waals surface area contributed by atoms with Gasteiger partial charge in [0.05, 0.1) is 4.92 Å². The number of amides is 1. The number of hydrogen-bond acceptors (Lipinski definition) is 3. The first-order chi connectivity index (χ1) is 13.3. The van der Waals surface area contributed by atoms with Crippen LogP contribution in [0.1, 0.15) is 49.4 Å². The molecule has 0 saturated heterocycles. The summed E-state index contributed by atoms with van der Waals surface area (Å²) in [4.78, 5) is 22.5. The van der Waals surface area contributed by atoms with Gasteiger partial charge in [0.25, 0.3) is 5.91 Å². The molecule has 3 N–H and O–H groups in total. The average molecular weight is 386 g/mol. The van der Waals surface area contributed by atoms with Crippen molar-refractivity contribution in [1.29, 1.82) is 0 Å². The number of nitro benzene ring substituents is 1. The maximum Gasteiger partial charge on any atom is 0.306 e. The minimum atomic E-state index is -0.927. The van der Waals surface area contributed by atoms with Crippen molar-refractivity contribution in [2.24, 2.45) is 0 Å². The summed E-state index contributed by atoms with van der Waals surface area (Å²) in [5, 5.41) is 15.4. The van der Waals surface area contributed by atoms with E-state index in [1.54, 1.807) is 6.92 Å². The fourth-order valence-corrected chi connectivity index (χ4v) is 3.65. The highest BCUT2D eigenvalue weighted by atomic mass is 19.1. The number of carbonyl (C=O) groups is 1. The first-order valence-corrected chi connectivity index (χ1v) is 9.56. The molecular weight excluding hydrogens is 361 g/mol. The van der Waals surface area contributed by atoms with Gasteiger partial charge in [-0.15, -0.1) is 0 Å². The van der Waals surface area contributed by atoms with E-state index in [0.717, 1.165) is 25.0 Å². The predicted molar refractivity (Wildman–Crippen MR) is 105 cm³/mol. The molecular formula is C21H25FN3O3+. The molecule has 0 fully saturated rings. The topological polar surface area (TPSA) is 88.8 Å². The summed E-state index contributed by atoms with van der Waals surface area (Å²) < 4.78 is 13.4. The molecule has 0 heterocycles. The molecule has 2 aromatic carbocycles. The van der Waals surface area contributed by atoms with Gasteiger partial charge in [0.15, 0.2) is 6.04 Å². The Kier molecular flexibility index (Phi) is 6.04. The van der Waals surface area contributed by atoms with Crippen LogP contribution in [0.2, 0.25) is 0 Å². The lowest BCUT2D eigenvalue weighted by atomic mass is 9.89. The van der Waals surface area contributed by atoms with Gasteiger partial charge in [-0.3, -0.25) is 14.9 Å². The Labute approximate surface area is 163 Å². The molecule has 0 radical (unpaired) electrons. The predicted octanol–water partition coefficient (Wildman–Crippen LogP) is 3.26. The first-order valence-electron chi connectivity index (χ1n) is 9.56. The number of fused-ring (bicyclic) bond motifs is 1. The van der Waals surface area contributed by atoms with Crippen LogP contribution in [-0.2, 0) is 17.6 Å². The van der Waals surface area contributed by atoms with E-state index in [-0.39, 0.29) is 17.6 Å². The zero-order valence-corrected chi connectivity index (χ0v) is 16.1. The molecule has 148 valence electrons. The molecule has 0 aliphatic heterocycles. The zero-order chi connectivity index (χ0) is 20.3. The van der Waals surface area contributed by atoms with Crippen molar-refractivity contribution in [3.63, 3.8) is 0 Å². The number of anilines is 1. The Balaban J connectivity index is 1.64. The fourth-order valence-electron chi connectivity index (χ4n) is 3.65. The molecule has 2 atom stereocenters. The Morgan fingerprint density at radius 3 is 2.57 bits per heavy atom. The third-order valence-electron chi connectivity index (χ3n) is 5.30. The molecule has 0 unspecified atom stereocenters. The fraction of sp³-hybridized carbons (Fsp3) is 0.381. The number of benzene rings is 2. The summed E-state index contributed by atoms with van der Waals surface area (Å²) in [5.41, 5.74) is 3.56. The van der Waals surface area contributed by atoms with Crippen molar-refractivity contribution in [3.05, 3.63) is 69.0 Å². The summed E-state index contributed by atoms with van der Waals surface area (Å²) in [6, 6.07) is 9.58. The minimum Gasteiger partial charge on any atom is -0.330 e. The van der Waals surface area contributed by atoms with Gasteiger partial charge in [0.2, 0.25) is 5.82 Å². The Morgan fingerprint density at radius 2 is 1.86 bits per heavy atom. The van der Waals surface area contributed by atoms with Gasteiger partial charge in [-0.1, -0.05) is 12.1 Å². The standard InChI is InChI=1S/C21H24FN3O3/c1-13(16-8-7-15-5-3-4-6-17(15)11-16)23-14(2)21(26)24-18-9-10-19(22)20(12-18)25(27)28/h7-14,23H,3-6H2,1-2H3,(H,24,26)/p+1/t13-,14-/m0/s1. The van der Waals surface area contributed by atoms with E-state index < -0.39 is 22.5 Å². The van der Waals surface area contributed by atoms with Crippen LogP contribution < -0.4 is 10.6 Å². The van der Waals surface area contributed by atoms with Gasteiger partial charge >= 0.3 is 5.69 Å². The third kappa shape index (κ3) is 4.54. The molecule has 0 bridgehead atoms. The average Bonchev–Trinajstić information content (AvgIpc) is 2.68. The largest absolute Gasteiger partial charge is 0.330 e. The molecule has 2 aromatic rings. The molecule has 1 amide bonds. The van der Waals surface area contributed by atoms with Crippen LogP contribution in [0.25, 0.3) is 0 Å². The molecule has 3 rings (SSSR count). The van der Waals surface area contributed by atoms with Crippen LogP contribution >= 0.6 is 0 Å². The van der Waals surface area contributed by atoms with E-state index in [0.29, 0.717) is 0 Å². The number of carbonyl (C=O) groups excluding carboxylic acids is 1. The number of rotatable bonds is 6. The number of hydrogen-bond donors (Lipinski definition) is 2. The number of aryl methyl sites for hydroxylation is 2. The quantitative estimate of drug-likeness (QED) is 0.590. The number of nitrogens with one attached hydrogen (secondary N) is 1. The number of nitrogens with two attached hydrogens (primary N) is 1. The molecule has 7 heteroatoms. The van der Waals surface area contributed by atoms with E-state index >= 15 is 0 Å². The van der Waals surface area contributed by atoms with Gasteiger partial charge in [-0.05, 0) is 68.9 Å². The lowest BCUT2D eigenvalue weighted by Crippen LogP contribution is -2.91. The smallest absolute Gasteiger partial charge is 0.306 e. The second-order valence-electron chi connectivity index (χ2n) is 7.42. The molecule has 28 heavy (non-hydrogen) atoms. The molecule has 0 spiro atoms. The highest BCUT2D eigenvalue weighted by molar-refractivity contribution is 5.93. The number of nitro groups is 1. The molecule has 6 nitrogen and oxygen atoms in total. The van der Waals surface area contributed by atoms with Gasteiger partial charge in [-0.25, -0.2) is 0 Å². The third-order valence-corrected chi connectivity index (χ3v) is 5.30. The lowest BCUT2D eigenvalue weighted by Gasteiger charge is -2.20. The highest BCUT2D eigenvalue weighted by Crippen LogP contribution is 2.24. The number of halogens is 1. The summed E-state index contributed by atoms with van der Waals surface area (Å²) in [6.07, 6.45) is 4.70. The van der Waals surface area contributed by atoms with Crippen molar-refractivity contribution in [2.75, 3.05) is 5.32 Å². The van der Waals surface area contributed by atoms with Gasteiger partial charge in [0.1, 0.15) is 6.04 Å². The van der Waals surface area contributed by atoms with Crippen molar-refractivity contribution in [1.82, 2.24) is 0 Å². The van der Waals surface area contributed by atoms with Crippen molar-refractivity contribution in [2.45, 2.75) is 51.6 Å². The first kappa shape index (κ1) is 19.9. The van der Waals surface area contributed by atoms with E-state index in [4.69, 9.17) is 0 Å². The van der Waals surface area contributed by atoms with E-state index in [1.807, 2.05) is 5.32 Å². The van der Waals surface area contributed by atoms with Crippen molar-refractivity contribution < 1.29 is 19.4 Å². The molecule has 1 aliphatic rings. The summed E-state index contributed by atoms with van der Waals surface area (Å²) in [6.45, 7) is 3.83. The number of nitrogens with zero attached hydrogens (tertiary/aromatic N) is 1. The maximum atomic E-state index is 13.4. The van der Waals surface area contributed by atoms with Gasteiger partial charge < -0.3 is 10.6 Å². The lowest BCUT2D eigenvalue weighted by molar-refractivity contribution is -0.709. The summed E-state index contributed by atoms with van der Waals surface area (Å²) in [5.74, 6) is -1.21. The van der Waals surface area contributed by atoms with Crippen LogP contribution in [0.4, 0.5) is 15.8 Å². The summed E-state index contributed by atoms with van der Waals surface area (Å²) in [7, 11) is 0. The Hall–Kier alpha value is -2.80. The maximum absolute atomic E-state index is 13.4. The van der Waals surface area contributed by atoms with E-state index in [9.17, 15) is 19.3 Å². The van der Waals surface area contributed by atoms with Crippen molar-refractivity contribution >= 4 is 17.3 Å². The number of quaternary nitrogens is 1. The van der Waals surface area contributed by atoms with Gasteiger partial charge in [0, 0.05) is 17.3 Å². The minimum absolute atomic E-state index is 0.0931. The normalized spacial score (nSPS) is 15.4. The zero-order valence-electron chi connectivity index (χ0n) is 16.1.